The summed E-state index contributed by atoms with van der Waals surface area (Å²) in [6.07, 6.45) is 0. The van der Waals surface area contributed by atoms with Gasteiger partial charge >= 0.3 is 0 Å². The first-order chi connectivity index (χ1) is 23.7. The number of azo groups is 3. The number of nitrogens with two attached hydrogens (primary N) is 3. The van der Waals surface area contributed by atoms with Crippen LogP contribution in [0.2, 0.25) is 0 Å². The zero-order valence-electron chi connectivity index (χ0n) is 25.4. The van der Waals surface area contributed by atoms with Crippen molar-refractivity contribution in [3.8, 4) is 5.75 Å². The lowest BCUT2D eigenvalue weighted by molar-refractivity contribution is 0.480. The Morgan fingerprint density at radius 2 is 1.02 bits per heavy atom. The number of benzene rings is 6. The van der Waals surface area contributed by atoms with E-state index in [9.17, 15) is 31.0 Å². The summed E-state index contributed by atoms with van der Waals surface area (Å²) in [7, 11) is -9.21. The van der Waals surface area contributed by atoms with Crippen molar-refractivity contribution in [2.75, 3.05) is 17.2 Å². The third-order valence-corrected chi connectivity index (χ3v) is 9.12. The molecular formula is C32H25N9O7S2. The highest BCUT2D eigenvalue weighted by Crippen LogP contribution is 2.45. The van der Waals surface area contributed by atoms with E-state index in [4.69, 9.17) is 17.2 Å². The van der Waals surface area contributed by atoms with Gasteiger partial charge in [-0.25, -0.2) is 0 Å². The fourth-order valence-corrected chi connectivity index (χ4v) is 6.10. The fourth-order valence-electron chi connectivity index (χ4n) is 4.89. The molecule has 0 heterocycles. The van der Waals surface area contributed by atoms with E-state index >= 15 is 0 Å². The Bertz CT molecular complexity index is 2630. The lowest BCUT2D eigenvalue weighted by Gasteiger charge is -2.12. The second kappa shape index (κ2) is 12.9. The smallest absolute Gasteiger partial charge is 0.295 e. The van der Waals surface area contributed by atoms with Crippen LogP contribution in [0.1, 0.15) is 0 Å². The van der Waals surface area contributed by atoms with E-state index in [-0.39, 0.29) is 32.7 Å². The Labute approximate surface area is 283 Å². The van der Waals surface area contributed by atoms with E-state index in [1.807, 2.05) is 0 Å². The number of hydrogen-bond donors (Lipinski definition) is 6. The van der Waals surface area contributed by atoms with Crippen molar-refractivity contribution in [3.63, 3.8) is 0 Å². The summed E-state index contributed by atoms with van der Waals surface area (Å²) in [5.74, 6) is -0.511. The van der Waals surface area contributed by atoms with Crippen molar-refractivity contribution in [3.05, 3.63) is 97.1 Å². The summed E-state index contributed by atoms with van der Waals surface area (Å²) < 4.78 is 66.9. The molecule has 0 aliphatic rings. The molecule has 16 nitrogen and oxygen atoms in total. The molecule has 0 saturated carbocycles. The van der Waals surface area contributed by atoms with Crippen molar-refractivity contribution >= 4 is 93.0 Å². The summed E-state index contributed by atoms with van der Waals surface area (Å²) in [6, 6.07) is 23.5. The first-order valence-electron chi connectivity index (χ1n) is 14.3. The molecular weight excluding hydrogens is 687 g/mol. The summed E-state index contributed by atoms with van der Waals surface area (Å²) in [5.41, 5.74) is 20.1. The lowest BCUT2D eigenvalue weighted by Crippen LogP contribution is -2.01. The van der Waals surface area contributed by atoms with Crippen molar-refractivity contribution < 1.29 is 31.0 Å². The van der Waals surface area contributed by atoms with Crippen LogP contribution in [0.5, 0.6) is 5.75 Å². The Kier molecular flexibility index (Phi) is 8.68. The van der Waals surface area contributed by atoms with Crippen molar-refractivity contribution in [2.24, 2.45) is 30.7 Å². The SMILES string of the molecule is Nc1ccc(N=Nc2cc(S(=O)(=O)O)c3ccc(N=Nc4ccc(N=Nc5ccc(N)c6cc(S(=O)(=O)O)ccc56)cc4)c(O)c3c2N)cc1. The third-order valence-electron chi connectivity index (χ3n) is 7.37. The van der Waals surface area contributed by atoms with Crippen LogP contribution in [-0.2, 0) is 20.2 Å². The average molecular weight is 712 g/mol. The van der Waals surface area contributed by atoms with Crippen LogP contribution < -0.4 is 17.2 Å². The third kappa shape index (κ3) is 6.93. The van der Waals surface area contributed by atoms with E-state index in [1.165, 1.54) is 30.3 Å². The Morgan fingerprint density at radius 1 is 0.500 bits per heavy atom. The van der Waals surface area contributed by atoms with Gasteiger partial charge in [0.2, 0.25) is 0 Å². The summed E-state index contributed by atoms with van der Waals surface area (Å²) in [5, 5.41) is 36.6. The van der Waals surface area contributed by atoms with Crippen LogP contribution in [0.25, 0.3) is 21.5 Å². The largest absolute Gasteiger partial charge is 0.505 e. The lowest BCUT2D eigenvalue weighted by atomic mass is 10.1. The minimum atomic E-state index is -4.78. The van der Waals surface area contributed by atoms with Gasteiger partial charge in [0.1, 0.15) is 16.3 Å². The number of anilines is 3. The number of rotatable bonds is 8. The number of nitrogens with zero attached hydrogens (tertiary/aromatic N) is 6. The molecule has 6 aromatic rings. The molecule has 0 spiro atoms. The summed E-state index contributed by atoms with van der Waals surface area (Å²) >= 11 is 0. The Hall–Kier alpha value is -6.34. The second-order valence-electron chi connectivity index (χ2n) is 10.7. The molecule has 0 amide bonds. The van der Waals surface area contributed by atoms with Crippen LogP contribution in [0.3, 0.4) is 0 Å². The van der Waals surface area contributed by atoms with Crippen LogP contribution in [-0.4, -0.2) is 31.0 Å². The number of nitrogen functional groups attached to an aromatic ring is 3. The Balaban J connectivity index is 1.28. The molecule has 50 heavy (non-hydrogen) atoms. The zero-order valence-corrected chi connectivity index (χ0v) is 27.1. The predicted octanol–water partition coefficient (Wildman–Crippen LogP) is 8.18. The number of fused-ring (bicyclic) bond motifs is 2. The van der Waals surface area contributed by atoms with Gasteiger partial charge in [0, 0.05) is 27.5 Å². The molecule has 6 rings (SSSR count). The van der Waals surface area contributed by atoms with Crippen molar-refractivity contribution in [2.45, 2.75) is 9.79 Å². The molecule has 252 valence electrons. The quantitative estimate of drug-likeness (QED) is 0.0500. The highest BCUT2D eigenvalue weighted by molar-refractivity contribution is 7.86. The molecule has 0 aliphatic heterocycles. The van der Waals surface area contributed by atoms with E-state index in [0.717, 1.165) is 6.07 Å². The number of phenolic OH excluding ortho intramolecular Hbond substituents is 1. The molecule has 0 unspecified atom stereocenters. The normalized spacial score (nSPS) is 12.6. The average Bonchev–Trinajstić information content (AvgIpc) is 3.07. The monoisotopic (exact) mass is 711 g/mol. The zero-order chi connectivity index (χ0) is 35.8. The maximum Gasteiger partial charge on any atom is 0.295 e. The van der Waals surface area contributed by atoms with E-state index in [2.05, 4.69) is 30.7 Å². The van der Waals surface area contributed by atoms with Gasteiger partial charge in [0.25, 0.3) is 20.2 Å². The number of aromatic hydroxyl groups is 1. The van der Waals surface area contributed by atoms with E-state index < -0.39 is 30.9 Å². The number of phenols is 1. The van der Waals surface area contributed by atoms with Gasteiger partial charge in [-0.15, -0.1) is 15.3 Å². The Morgan fingerprint density at radius 3 is 1.60 bits per heavy atom. The van der Waals surface area contributed by atoms with Gasteiger partial charge in [-0.3, -0.25) is 9.11 Å². The molecule has 0 bridgehead atoms. The fraction of sp³-hybridized carbons (Fsp3) is 0. The molecule has 0 aromatic heterocycles. The molecule has 0 aliphatic carbocycles. The van der Waals surface area contributed by atoms with Crippen LogP contribution in [0, 0.1) is 0 Å². The molecule has 0 radical (unpaired) electrons. The highest BCUT2D eigenvalue weighted by Gasteiger charge is 2.22. The molecule has 0 saturated heterocycles. The van der Waals surface area contributed by atoms with Crippen LogP contribution >= 0.6 is 0 Å². The molecule has 0 atom stereocenters. The van der Waals surface area contributed by atoms with Crippen LogP contribution in [0.4, 0.5) is 51.2 Å². The second-order valence-corrected chi connectivity index (χ2v) is 13.5. The van der Waals surface area contributed by atoms with Gasteiger partial charge < -0.3 is 22.3 Å². The van der Waals surface area contributed by atoms with Crippen molar-refractivity contribution in [1.29, 1.82) is 0 Å². The van der Waals surface area contributed by atoms with E-state index in [0.29, 0.717) is 44.9 Å². The predicted molar refractivity (Wildman–Crippen MR) is 188 cm³/mol. The minimum absolute atomic E-state index is 0.0609. The molecule has 6 aromatic carbocycles. The van der Waals surface area contributed by atoms with Gasteiger partial charge in [0.05, 0.1) is 38.7 Å². The topological polar surface area (TPSA) is 281 Å². The van der Waals surface area contributed by atoms with E-state index in [1.54, 1.807) is 60.7 Å². The van der Waals surface area contributed by atoms with Gasteiger partial charge in [-0.1, -0.05) is 12.1 Å². The van der Waals surface area contributed by atoms with Gasteiger partial charge in [0.15, 0.2) is 5.75 Å². The van der Waals surface area contributed by atoms with Gasteiger partial charge in [-0.2, -0.15) is 32.2 Å². The van der Waals surface area contributed by atoms with Crippen molar-refractivity contribution in [1.82, 2.24) is 0 Å². The molecule has 9 N–H and O–H groups in total. The number of hydrogen-bond acceptors (Lipinski definition) is 14. The van der Waals surface area contributed by atoms with Gasteiger partial charge in [-0.05, 0) is 84.9 Å². The minimum Gasteiger partial charge on any atom is -0.505 e. The first kappa shape index (κ1) is 33.6. The van der Waals surface area contributed by atoms with Crippen LogP contribution in [0.15, 0.2) is 138 Å². The first-order valence-corrected chi connectivity index (χ1v) is 17.1. The molecule has 18 heteroatoms. The molecule has 0 fully saturated rings. The highest BCUT2D eigenvalue weighted by atomic mass is 32.2. The summed E-state index contributed by atoms with van der Waals surface area (Å²) in [6.45, 7) is 0. The maximum atomic E-state index is 12.3. The maximum absolute atomic E-state index is 12.3. The standard InChI is InChI=1S/C32H25N9O7S2/c33-17-1-3-18(4-2-17)38-41-28-16-29(50(46,47)48)23-11-13-27(32(42)30(23)31(28)35)40-37-20-7-5-19(6-8-20)36-39-26-14-12-25(34)24-15-21(49(43,44)45)9-10-22(24)26/h1-16,42H,33-35H2,(H,43,44,45)(H,46,47,48). The summed E-state index contributed by atoms with van der Waals surface area (Å²) in [4.78, 5) is -0.855.